The highest BCUT2D eigenvalue weighted by Crippen LogP contribution is 2.22. The Bertz CT molecular complexity index is 634. The van der Waals surface area contributed by atoms with E-state index in [1.54, 1.807) is 25.1 Å². The van der Waals surface area contributed by atoms with Gasteiger partial charge in [0.2, 0.25) is 0 Å². The molecule has 4 heteroatoms. The first-order chi connectivity index (χ1) is 10.1. The lowest BCUT2D eigenvalue weighted by atomic mass is 10.1. The number of aromatic carboxylic acids is 1. The highest BCUT2D eigenvalue weighted by Gasteiger charge is 2.08. The fourth-order valence-corrected chi connectivity index (χ4v) is 2.05. The second-order valence-electron chi connectivity index (χ2n) is 4.61. The molecule has 0 fully saturated rings. The Balaban J connectivity index is 2.10. The molecule has 2 aromatic carbocycles. The van der Waals surface area contributed by atoms with Crippen LogP contribution in [0.4, 0.5) is 0 Å². The monoisotopic (exact) mass is 286 g/mol. The summed E-state index contributed by atoms with van der Waals surface area (Å²) in [5.74, 6) is 0.517. The maximum atomic E-state index is 11.0. The second-order valence-corrected chi connectivity index (χ2v) is 4.61. The first-order valence-corrected chi connectivity index (χ1v) is 6.79. The van der Waals surface area contributed by atoms with Crippen LogP contribution in [0.25, 0.3) is 0 Å². The third-order valence-electron chi connectivity index (χ3n) is 3.10. The smallest absolute Gasteiger partial charge is 0.335 e. The van der Waals surface area contributed by atoms with E-state index >= 15 is 0 Å². The van der Waals surface area contributed by atoms with E-state index in [0.29, 0.717) is 24.5 Å². The predicted molar refractivity (Wildman–Crippen MR) is 80.1 cm³/mol. The van der Waals surface area contributed by atoms with Crippen LogP contribution in [0.5, 0.6) is 11.5 Å². The number of benzene rings is 2. The number of carbonyl (C=O) groups is 1. The summed E-state index contributed by atoms with van der Waals surface area (Å²) in [5.41, 5.74) is 1.93. The molecule has 0 radical (unpaired) electrons. The molecule has 0 aliphatic carbocycles. The van der Waals surface area contributed by atoms with Gasteiger partial charge in [-0.1, -0.05) is 18.2 Å². The van der Waals surface area contributed by atoms with Gasteiger partial charge in [-0.2, -0.15) is 0 Å². The van der Waals surface area contributed by atoms with E-state index in [2.05, 4.69) is 0 Å². The molecule has 0 bridgehead atoms. The van der Waals surface area contributed by atoms with Gasteiger partial charge in [-0.05, 0) is 43.7 Å². The number of carboxylic acid groups (broad SMARTS) is 1. The average molecular weight is 286 g/mol. The number of carboxylic acids is 1. The zero-order valence-corrected chi connectivity index (χ0v) is 12.1. The third kappa shape index (κ3) is 3.75. The number of hydrogen-bond donors (Lipinski definition) is 1. The van der Waals surface area contributed by atoms with Gasteiger partial charge in [-0.3, -0.25) is 0 Å². The maximum Gasteiger partial charge on any atom is 0.335 e. The first kappa shape index (κ1) is 14.9. The zero-order chi connectivity index (χ0) is 15.2. The van der Waals surface area contributed by atoms with Gasteiger partial charge in [0.1, 0.15) is 18.1 Å². The van der Waals surface area contributed by atoms with E-state index < -0.39 is 5.97 Å². The van der Waals surface area contributed by atoms with E-state index in [9.17, 15) is 4.79 Å². The summed E-state index contributed by atoms with van der Waals surface area (Å²) in [7, 11) is 0. The van der Waals surface area contributed by atoms with Crippen molar-refractivity contribution in [2.24, 2.45) is 0 Å². The molecule has 1 N–H and O–H groups in total. The van der Waals surface area contributed by atoms with Crippen LogP contribution in [-0.2, 0) is 6.61 Å². The lowest BCUT2D eigenvalue weighted by molar-refractivity contribution is 0.0696. The quantitative estimate of drug-likeness (QED) is 0.880. The molecule has 0 aliphatic heterocycles. The molecular weight excluding hydrogens is 268 g/mol. The van der Waals surface area contributed by atoms with Crippen molar-refractivity contribution in [2.45, 2.75) is 20.5 Å². The van der Waals surface area contributed by atoms with Gasteiger partial charge < -0.3 is 14.6 Å². The van der Waals surface area contributed by atoms with Gasteiger partial charge in [-0.25, -0.2) is 4.79 Å². The summed E-state index contributed by atoms with van der Waals surface area (Å²) in [5, 5.41) is 9.00. The Hall–Kier alpha value is -2.49. The first-order valence-electron chi connectivity index (χ1n) is 6.79. The van der Waals surface area contributed by atoms with Crippen molar-refractivity contribution in [1.29, 1.82) is 0 Å². The second kappa shape index (κ2) is 6.79. The van der Waals surface area contributed by atoms with Crippen LogP contribution in [0.15, 0.2) is 42.5 Å². The number of hydrogen-bond acceptors (Lipinski definition) is 3. The van der Waals surface area contributed by atoms with Crippen LogP contribution in [-0.4, -0.2) is 17.7 Å². The molecule has 0 aliphatic rings. The SMILES string of the molecule is CCOc1ccccc1COc1ccc(C(=O)O)c(C)c1. The minimum absolute atomic E-state index is 0.289. The van der Waals surface area contributed by atoms with E-state index in [0.717, 1.165) is 11.3 Å². The summed E-state index contributed by atoms with van der Waals surface area (Å²) < 4.78 is 11.3. The number of para-hydroxylation sites is 1. The summed E-state index contributed by atoms with van der Waals surface area (Å²) in [6, 6.07) is 12.7. The fourth-order valence-electron chi connectivity index (χ4n) is 2.05. The molecule has 0 atom stereocenters. The van der Waals surface area contributed by atoms with Gasteiger partial charge in [0.15, 0.2) is 0 Å². The highest BCUT2D eigenvalue weighted by molar-refractivity contribution is 5.89. The summed E-state index contributed by atoms with van der Waals surface area (Å²) in [6.45, 7) is 4.67. The standard InChI is InChI=1S/C17H18O4/c1-3-20-16-7-5-4-6-13(16)11-21-14-8-9-15(17(18)19)12(2)10-14/h4-10H,3,11H2,1-2H3,(H,18,19). The molecule has 21 heavy (non-hydrogen) atoms. The normalized spacial score (nSPS) is 10.2. The van der Waals surface area contributed by atoms with E-state index in [1.165, 1.54) is 0 Å². The Labute approximate surface area is 123 Å². The van der Waals surface area contributed by atoms with Gasteiger partial charge >= 0.3 is 5.97 Å². The Morgan fingerprint density at radius 2 is 1.90 bits per heavy atom. The Kier molecular flexibility index (Phi) is 4.82. The highest BCUT2D eigenvalue weighted by atomic mass is 16.5. The van der Waals surface area contributed by atoms with E-state index in [4.69, 9.17) is 14.6 Å². The molecule has 0 saturated heterocycles. The maximum absolute atomic E-state index is 11.0. The van der Waals surface area contributed by atoms with Crippen molar-refractivity contribution in [2.75, 3.05) is 6.61 Å². The molecule has 0 unspecified atom stereocenters. The zero-order valence-electron chi connectivity index (χ0n) is 12.1. The van der Waals surface area contributed by atoms with Crippen molar-refractivity contribution in [3.05, 3.63) is 59.2 Å². The molecule has 0 amide bonds. The van der Waals surface area contributed by atoms with Crippen molar-refractivity contribution >= 4 is 5.97 Å². The van der Waals surface area contributed by atoms with Gasteiger partial charge in [0.05, 0.1) is 12.2 Å². The van der Waals surface area contributed by atoms with Gasteiger partial charge in [0.25, 0.3) is 0 Å². The molecule has 2 rings (SSSR count). The van der Waals surface area contributed by atoms with E-state index in [1.807, 2.05) is 31.2 Å². The van der Waals surface area contributed by atoms with Crippen LogP contribution in [0.2, 0.25) is 0 Å². The van der Waals surface area contributed by atoms with Gasteiger partial charge in [-0.15, -0.1) is 0 Å². The Morgan fingerprint density at radius 1 is 1.14 bits per heavy atom. The van der Waals surface area contributed by atoms with Crippen molar-refractivity contribution < 1.29 is 19.4 Å². The van der Waals surface area contributed by atoms with Crippen molar-refractivity contribution in [3.63, 3.8) is 0 Å². The molecule has 0 spiro atoms. The topological polar surface area (TPSA) is 55.8 Å². The molecule has 0 aromatic heterocycles. The molecule has 0 heterocycles. The van der Waals surface area contributed by atoms with Crippen LogP contribution in [0.1, 0.15) is 28.4 Å². The minimum Gasteiger partial charge on any atom is -0.493 e. The number of rotatable bonds is 6. The molecule has 0 saturated carbocycles. The van der Waals surface area contributed by atoms with Crippen LogP contribution in [0.3, 0.4) is 0 Å². The summed E-state index contributed by atoms with van der Waals surface area (Å²) in [4.78, 5) is 11.0. The predicted octanol–water partition coefficient (Wildman–Crippen LogP) is 3.67. The van der Waals surface area contributed by atoms with E-state index in [-0.39, 0.29) is 5.56 Å². The lowest BCUT2D eigenvalue weighted by Crippen LogP contribution is -2.02. The average Bonchev–Trinajstić information content (AvgIpc) is 2.46. The minimum atomic E-state index is -0.930. The van der Waals surface area contributed by atoms with Crippen LogP contribution < -0.4 is 9.47 Å². The van der Waals surface area contributed by atoms with Gasteiger partial charge in [0, 0.05) is 5.56 Å². The third-order valence-corrected chi connectivity index (χ3v) is 3.10. The summed E-state index contributed by atoms with van der Waals surface area (Å²) >= 11 is 0. The lowest BCUT2D eigenvalue weighted by Gasteiger charge is -2.12. The fraction of sp³-hybridized carbons (Fsp3) is 0.235. The number of ether oxygens (including phenoxy) is 2. The van der Waals surface area contributed by atoms with Crippen LogP contribution >= 0.6 is 0 Å². The molecule has 110 valence electrons. The summed E-state index contributed by atoms with van der Waals surface area (Å²) in [6.07, 6.45) is 0. The van der Waals surface area contributed by atoms with Crippen molar-refractivity contribution in [1.82, 2.24) is 0 Å². The number of aryl methyl sites for hydroxylation is 1. The largest absolute Gasteiger partial charge is 0.493 e. The van der Waals surface area contributed by atoms with Crippen molar-refractivity contribution in [3.8, 4) is 11.5 Å². The Morgan fingerprint density at radius 3 is 2.57 bits per heavy atom. The van der Waals surface area contributed by atoms with Crippen LogP contribution in [0, 0.1) is 6.92 Å². The molecular formula is C17H18O4. The molecule has 2 aromatic rings. The molecule has 4 nitrogen and oxygen atoms in total.